The second-order valence-electron chi connectivity index (χ2n) is 7.35. The molecule has 1 fully saturated rings. The molecule has 0 aliphatic carbocycles. The van der Waals surface area contributed by atoms with Crippen molar-refractivity contribution in [2.45, 2.75) is 57.7 Å². The molecule has 2 rings (SSSR count). The Kier molecular flexibility index (Phi) is 3.71. The van der Waals surface area contributed by atoms with E-state index in [0.717, 1.165) is 12.8 Å². The number of carbonyl (C=O) groups is 1. The largest absolute Gasteiger partial charge is 0.459 e. The molecule has 0 radical (unpaired) electrons. The van der Waals surface area contributed by atoms with Gasteiger partial charge in [-0.2, -0.15) is 0 Å². The third kappa shape index (κ3) is 2.62. The fourth-order valence-electron chi connectivity index (χ4n) is 3.49. The van der Waals surface area contributed by atoms with E-state index in [9.17, 15) is 4.79 Å². The van der Waals surface area contributed by atoms with Crippen LogP contribution in [0.3, 0.4) is 0 Å². The minimum Gasteiger partial charge on any atom is -0.459 e. The van der Waals surface area contributed by atoms with E-state index in [-0.39, 0.29) is 23.0 Å². The van der Waals surface area contributed by atoms with E-state index in [1.807, 2.05) is 11.9 Å². The number of hydrogen-bond donors (Lipinski definition) is 1. The molecule has 0 saturated carbocycles. The maximum absolute atomic E-state index is 12.4. The first-order chi connectivity index (χ1) is 9.15. The number of quaternary nitrogens is 1. The molecular formula is C16H27N2O2+. The highest BCUT2D eigenvalue weighted by atomic mass is 16.3. The van der Waals surface area contributed by atoms with Gasteiger partial charge in [0.05, 0.1) is 24.4 Å². The molecule has 0 unspecified atom stereocenters. The highest BCUT2D eigenvalue weighted by molar-refractivity contribution is 5.91. The average molecular weight is 279 g/mol. The molecule has 20 heavy (non-hydrogen) atoms. The summed E-state index contributed by atoms with van der Waals surface area (Å²) in [4.78, 5) is 15.8. The zero-order valence-corrected chi connectivity index (χ0v) is 13.5. The Morgan fingerprint density at radius 2 is 1.85 bits per heavy atom. The maximum Gasteiger partial charge on any atom is 0.289 e. The van der Waals surface area contributed by atoms with E-state index in [4.69, 9.17) is 4.42 Å². The van der Waals surface area contributed by atoms with Crippen molar-refractivity contribution in [3.63, 3.8) is 0 Å². The molecule has 1 N–H and O–H groups in total. The van der Waals surface area contributed by atoms with Crippen molar-refractivity contribution < 1.29 is 14.1 Å². The van der Waals surface area contributed by atoms with E-state index in [1.54, 1.807) is 18.4 Å². The van der Waals surface area contributed by atoms with Crippen LogP contribution in [-0.2, 0) is 0 Å². The molecule has 0 atom stereocenters. The Labute approximate surface area is 121 Å². The predicted octanol–water partition coefficient (Wildman–Crippen LogP) is 1.59. The zero-order chi connectivity index (χ0) is 15.1. The highest BCUT2D eigenvalue weighted by Gasteiger charge is 2.48. The lowest BCUT2D eigenvalue weighted by Gasteiger charge is -2.51. The van der Waals surface area contributed by atoms with Crippen molar-refractivity contribution in [1.29, 1.82) is 0 Å². The number of piperidine rings is 1. The molecular weight excluding hydrogens is 252 g/mol. The molecule has 1 aliphatic heterocycles. The van der Waals surface area contributed by atoms with E-state index < -0.39 is 0 Å². The fraction of sp³-hybridized carbons (Fsp3) is 0.688. The van der Waals surface area contributed by atoms with Crippen LogP contribution in [0.15, 0.2) is 22.8 Å². The third-order valence-electron chi connectivity index (χ3n) is 5.12. The Bertz CT molecular complexity index is 459. The molecule has 1 amide bonds. The molecule has 4 heteroatoms. The van der Waals surface area contributed by atoms with Crippen molar-refractivity contribution in [2.24, 2.45) is 0 Å². The highest BCUT2D eigenvalue weighted by Crippen LogP contribution is 2.27. The van der Waals surface area contributed by atoms with Crippen LogP contribution in [0.5, 0.6) is 0 Å². The Morgan fingerprint density at radius 3 is 2.30 bits per heavy atom. The topological polar surface area (TPSA) is 37.9 Å². The van der Waals surface area contributed by atoms with Crippen LogP contribution >= 0.6 is 0 Å². The van der Waals surface area contributed by atoms with Crippen molar-refractivity contribution in [3.05, 3.63) is 24.2 Å². The summed E-state index contributed by atoms with van der Waals surface area (Å²) in [5.74, 6) is 0.403. The Morgan fingerprint density at radius 1 is 1.30 bits per heavy atom. The summed E-state index contributed by atoms with van der Waals surface area (Å²) in [6, 6.07) is 3.74. The molecule has 2 heterocycles. The molecule has 0 aromatic carbocycles. The first-order valence-corrected chi connectivity index (χ1v) is 7.30. The van der Waals surface area contributed by atoms with Crippen molar-refractivity contribution in [3.8, 4) is 0 Å². The molecule has 1 saturated heterocycles. The Hall–Kier alpha value is -1.29. The lowest BCUT2D eigenvalue weighted by molar-refractivity contribution is -0.983. The van der Waals surface area contributed by atoms with E-state index in [1.165, 1.54) is 4.90 Å². The van der Waals surface area contributed by atoms with Gasteiger partial charge in [-0.05, 0) is 39.8 Å². The van der Waals surface area contributed by atoms with Crippen LogP contribution in [-0.4, -0.2) is 42.0 Å². The van der Waals surface area contributed by atoms with Gasteiger partial charge in [0.15, 0.2) is 5.76 Å². The molecule has 0 spiro atoms. The van der Waals surface area contributed by atoms with Crippen molar-refractivity contribution in [1.82, 2.24) is 4.90 Å². The van der Waals surface area contributed by atoms with Gasteiger partial charge in [0.2, 0.25) is 0 Å². The second kappa shape index (κ2) is 4.92. The van der Waals surface area contributed by atoms with Crippen LogP contribution < -0.4 is 4.90 Å². The van der Waals surface area contributed by atoms with Gasteiger partial charge in [-0.1, -0.05) is 0 Å². The zero-order valence-electron chi connectivity index (χ0n) is 13.5. The van der Waals surface area contributed by atoms with Crippen molar-refractivity contribution >= 4 is 5.91 Å². The number of nitrogens with zero attached hydrogens (tertiary/aromatic N) is 1. The monoisotopic (exact) mass is 279 g/mol. The minimum atomic E-state index is -0.0221. The average Bonchev–Trinajstić information content (AvgIpc) is 2.87. The summed E-state index contributed by atoms with van der Waals surface area (Å²) in [5.41, 5.74) is 0.314. The van der Waals surface area contributed by atoms with Gasteiger partial charge in [-0.3, -0.25) is 4.79 Å². The van der Waals surface area contributed by atoms with Gasteiger partial charge in [0.1, 0.15) is 0 Å². The summed E-state index contributed by atoms with van der Waals surface area (Å²) in [6.07, 6.45) is 3.56. The van der Waals surface area contributed by atoms with Crippen LogP contribution in [0.4, 0.5) is 0 Å². The molecule has 1 aromatic rings. The first-order valence-electron chi connectivity index (χ1n) is 7.30. The summed E-state index contributed by atoms with van der Waals surface area (Å²) < 4.78 is 5.24. The standard InChI is InChI=1S/C16H26N2O2/c1-15(2)10-12(11-16(3,4)18(15)6)17(5)14(19)13-8-7-9-20-13/h7-9,12H,10-11H2,1-6H3/p+1. The summed E-state index contributed by atoms with van der Waals surface area (Å²) in [5, 5.41) is 0. The molecule has 4 nitrogen and oxygen atoms in total. The third-order valence-corrected chi connectivity index (χ3v) is 5.12. The van der Waals surface area contributed by atoms with Gasteiger partial charge < -0.3 is 14.2 Å². The molecule has 1 aromatic heterocycles. The van der Waals surface area contributed by atoms with E-state index in [0.29, 0.717) is 5.76 Å². The summed E-state index contributed by atoms with van der Waals surface area (Å²) >= 11 is 0. The normalized spacial score (nSPS) is 28.1. The number of furan rings is 1. The SMILES string of the molecule is CN(C(=O)c1ccco1)C1CC(C)(C)[NH+](C)C(C)(C)C1. The number of amides is 1. The summed E-state index contributed by atoms with van der Waals surface area (Å²) in [7, 11) is 4.15. The smallest absolute Gasteiger partial charge is 0.289 e. The van der Waals surface area contributed by atoms with Gasteiger partial charge in [0, 0.05) is 25.9 Å². The summed E-state index contributed by atoms with van der Waals surface area (Å²) in [6.45, 7) is 9.12. The van der Waals surface area contributed by atoms with Crippen LogP contribution in [0.1, 0.15) is 51.1 Å². The quantitative estimate of drug-likeness (QED) is 0.892. The molecule has 0 bridgehead atoms. The molecule has 112 valence electrons. The minimum absolute atomic E-state index is 0.0221. The number of nitrogens with one attached hydrogen (secondary N) is 1. The maximum atomic E-state index is 12.4. The fourth-order valence-corrected chi connectivity index (χ4v) is 3.49. The van der Waals surface area contributed by atoms with Gasteiger partial charge >= 0.3 is 0 Å². The van der Waals surface area contributed by atoms with Gasteiger partial charge in [0.25, 0.3) is 5.91 Å². The lowest BCUT2D eigenvalue weighted by Crippen LogP contribution is -3.24. The van der Waals surface area contributed by atoms with Crippen molar-refractivity contribution in [2.75, 3.05) is 14.1 Å². The number of likely N-dealkylation sites (tertiary alicyclic amines) is 1. The lowest BCUT2D eigenvalue weighted by atomic mass is 9.77. The van der Waals surface area contributed by atoms with Crippen LogP contribution in [0.25, 0.3) is 0 Å². The predicted molar refractivity (Wildman–Crippen MR) is 78.9 cm³/mol. The van der Waals surface area contributed by atoms with E-state index in [2.05, 4.69) is 34.7 Å². The van der Waals surface area contributed by atoms with Gasteiger partial charge in [-0.15, -0.1) is 0 Å². The number of carbonyl (C=O) groups excluding carboxylic acids is 1. The van der Waals surface area contributed by atoms with Crippen LogP contribution in [0, 0.1) is 0 Å². The Balaban J connectivity index is 2.19. The number of rotatable bonds is 2. The van der Waals surface area contributed by atoms with E-state index >= 15 is 0 Å². The molecule has 1 aliphatic rings. The number of hydrogen-bond acceptors (Lipinski definition) is 2. The van der Waals surface area contributed by atoms with Gasteiger partial charge in [-0.25, -0.2) is 0 Å². The second-order valence-corrected chi connectivity index (χ2v) is 7.35. The first kappa shape index (κ1) is 15.1. The van der Waals surface area contributed by atoms with Crippen LogP contribution in [0.2, 0.25) is 0 Å².